The number of hydrogen-bond donors (Lipinski definition) is 1. The second kappa shape index (κ2) is 8.67. The molecule has 24 heavy (non-hydrogen) atoms. The van der Waals surface area contributed by atoms with Gasteiger partial charge in [0, 0.05) is 6.07 Å². The number of rotatable bonds is 8. The Bertz CT molecular complexity index is 670. The Hall–Kier alpha value is -2.89. The highest BCUT2D eigenvalue weighted by Crippen LogP contribution is 2.29. The third-order valence-electron chi connectivity index (χ3n) is 3.34. The maximum atomic E-state index is 12.1. The van der Waals surface area contributed by atoms with Gasteiger partial charge in [0.05, 0.1) is 40.0 Å². The van der Waals surface area contributed by atoms with Crippen molar-refractivity contribution in [1.82, 2.24) is 0 Å². The molecule has 0 aliphatic heterocycles. The number of benzene rings is 2. The lowest BCUT2D eigenvalue weighted by atomic mass is 10.2. The van der Waals surface area contributed by atoms with Gasteiger partial charge in [-0.1, -0.05) is 0 Å². The summed E-state index contributed by atoms with van der Waals surface area (Å²) in [6.07, 6.45) is 0.215. The number of nitrogens with one attached hydrogen (secondary N) is 1. The standard InChI is InChI=1S/C18H21NO5/c1-21-13-4-6-14(7-5-13)24-11-10-18(20)19-16-12-15(22-2)8-9-17(16)23-3/h4-9,12H,10-11H2,1-3H3,(H,19,20). The smallest absolute Gasteiger partial charge is 0.227 e. The monoisotopic (exact) mass is 331 g/mol. The number of hydrogen-bond acceptors (Lipinski definition) is 5. The van der Waals surface area contributed by atoms with Gasteiger partial charge in [-0.3, -0.25) is 4.79 Å². The minimum atomic E-state index is -0.171. The number of carbonyl (C=O) groups excluding carboxylic acids is 1. The second-order valence-electron chi connectivity index (χ2n) is 4.89. The number of anilines is 1. The number of methoxy groups -OCH3 is 3. The topological polar surface area (TPSA) is 66.0 Å². The lowest BCUT2D eigenvalue weighted by Gasteiger charge is -2.12. The van der Waals surface area contributed by atoms with Crippen LogP contribution in [0.15, 0.2) is 42.5 Å². The molecule has 0 fully saturated rings. The minimum Gasteiger partial charge on any atom is -0.497 e. The summed E-state index contributed by atoms with van der Waals surface area (Å²) in [5.41, 5.74) is 0.561. The fourth-order valence-corrected chi connectivity index (χ4v) is 2.06. The van der Waals surface area contributed by atoms with Crippen molar-refractivity contribution in [2.24, 2.45) is 0 Å². The van der Waals surface area contributed by atoms with Crippen LogP contribution in [-0.4, -0.2) is 33.8 Å². The largest absolute Gasteiger partial charge is 0.497 e. The van der Waals surface area contributed by atoms with Gasteiger partial charge >= 0.3 is 0 Å². The molecule has 6 heteroatoms. The molecule has 0 radical (unpaired) electrons. The van der Waals surface area contributed by atoms with Crippen molar-refractivity contribution in [3.63, 3.8) is 0 Å². The van der Waals surface area contributed by atoms with Crippen molar-refractivity contribution >= 4 is 11.6 Å². The zero-order valence-corrected chi connectivity index (χ0v) is 14.0. The summed E-state index contributed by atoms with van der Waals surface area (Å²) < 4.78 is 21.0. The van der Waals surface area contributed by atoms with Crippen LogP contribution in [0.2, 0.25) is 0 Å². The van der Waals surface area contributed by atoms with Crippen LogP contribution in [0.5, 0.6) is 23.0 Å². The highest BCUT2D eigenvalue weighted by atomic mass is 16.5. The highest BCUT2D eigenvalue weighted by Gasteiger charge is 2.09. The van der Waals surface area contributed by atoms with E-state index < -0.39 is 0 Å². The number of ether oxygens (including phenoxy) is 4. The molecule has 128 valence electrons. The summed E-state index contributed by atoms with van der Waals surface area (Å²) in [7, 11) is 4.72. The molecule has 2 rings (SSSR count). The van der Waals surface area contributed by atoms with Crippen LogP contribution >= 0.6 is 0 Å². The van der Waals surface area contributed by atoms with Crippen LogP contribution in [-0.2, 0) is 4.79 Å². The lowest BCUT2D eigenvalue weighted by Crippen LogP contribution is -2.15. The Labute approximate surface area is 141 Å². The third-order valence-corrected chi connectivity index (χ3v) is 3.34. The van der Waals surface area contributed by atoms with Crippen LogP contribution in [0, 0.1) is 0 Å². The first-order chi connectivity index (χ1) is 11.7. The highest BCUT2D eigenvalue weighted by molar-refractivity contribution is 5.92. The van der Waals surface area contributed by atoms with Crippen molar-refractivity contribution < 1.29 is 23.7 Å². The average Bonchev–Trinajstić information content (AvgIpc) is 2.62. The van der Waals surface area contributed by atoms with Crippen LogP contribution < -0.4 is 24.3 Å². The van der Waals surface area contributed by atoms with Gasteiger partial charge in [0.2, 0.25) is 5.91 Å². The van der Waals surface area contributed by atoms with E-state index in [9.17, 15) is 4.79 Å². The van der Waals surface area contributed by atoms with Crippen LogP contribution in [0.4, 0.5) is 5.69 Å². The molecule has 1 amide bonds. The van der Waals surface area contributed by atoms with Gasteiger partial charge in [0.1, 0.15) is 23.0 Å². The summed E-state index contributed by atoms with van der Waals surface area (Å²) in [4.78, 5) is 12.1. The van der Waals surface area contributed by atoms with Gasteiger partial charge in [0.25, 0.3) is 0 Å². The summed E-state index contributed by atoms with van der Waals surface area (Å²) >= 11 is 0. The molecule has 0 aliphatic rings. The molecule has 0 unspecified atom stereocenters. The van der Waals surface area contributed by atoms with E-state index in [0.717, 1.165) is 5.75 Å². The van der Waals surface area contributed by atoms with Crippen molar-refractivity contribution in [1.29, 1.82) is 0 Å². The normalized spacial score (nSPS) is 9.96. The van der Waals surface area contributed by atoms with Gasteiger partial charge in [0.15, 0.2) is 0 Å². The molecule has 0 aromatic heterocycles. The lowest BCUT2D eigenvalue weighted by molar-refractivity contribution is -0.116. The molecule has 0 atom stereocenters. The Morgan fingerprint density at radius 1 is 0.875 bits per heavy atom. The molecule has 0 saturated carbocycles. The molecule has 2 aromatic rings. The molecule has 0 aliphatic carbocycles. The molecule has 0 saturated heterocycles. The van der Waals surface area contributed by atoms with Gasteiger partial charge in [-0.25, -0.2) is 0 Å². The Kier molecular flexibility index (Phi) is 6.31. The Morgan fingerprint density at radius 2 is 1.50 bits per heavy atom. The van der Waals surface area contributed by atoms with Crippen LogP contribution in [0.1, 0.15) is 6.42 Å². The van der Waals surface area contributed by atoms with Gasteiger partial charge < -0.3 is 24.3 Å². The molecular formula is C18H21NO5. The third kappa shape index (κ3) is 4.81. The van der Waals surface area contributed by atoms with Gasteiger partial charge in [-0.2, -0.15) is 0 Å². The van der Waals surface area contributed by atoms with Gasteiger partial charge in [-0.15, -0.1) is 0 Å². The summed E-state index contributed by atoms with van der Waals surface area (Å²) in [6.45, 7) is 0.268. The van der Waals surface area contributed by atoms with E-state index in [1.165, 1.54) is 0 Å². The number of amides is 1. The van der Waals surface area contributed by atoms with Crippen molar-refractivity contribution in [3.8, 4) is 23.0 Å². The van der Waals surface area contributed by atoms with E-state index >= 15 is 0 Å². The predicted octanol–water partition coefficient (Wildman–Crippen LogP) is 3.12. The first-order valence-electron chi connectivity index (χ1n) is 7.45. The minimum absolute atomic E-state index is 0.171. The average molecular weight is 331 g/mol. The molecule has 0 spiro atoms. The van der Waals surface area contributed by atoms with Gasteiger partial charge in [-0.05, 0) is 36.4 Å². The predicted molar refractivity (Wildman–Crippen MR) is 91.3 cm³/mol. The van der Waals surface area contributed by atoms with Crippen LogP contribution in [0.3, 0.4) is 0 Å². The van der Waals surface area contributed by atoms with E-state index in [1.807, 2.05) is 0 Å². The maximum Gasteiger partial charge on any atom is 0.227 e. The summed E-state index contributed by atoms with van der Waals surface area (Å²) in [5, 5.41) is 2.80. The quantitative estimate of drug-likeness (QED) is 0.805. The van der Waals surface area contributed by atoms with Crippen molar-refractivity contribution in [2.75, 3.05) is 33.3 Å². The van der Waals surface area contributed by atoms with Crippen molar-refractivity contribution in [3.05, 3.63) is 42.5 Å². The first kappa shape index (κ1) is 17.5. The molecule has 0 bridgehead atoms. The Morgan fingerprint density at radius 3 is 2.12 bits per heavy atom. The number of carbonyl (C=O) groups is 1. The zero-order chi connectivity index (χ0) is 17.4. The second-order valence-corrected chi connectivity index (χ2v) is 4.89. The molecule has 2 aromatic carbocycles. The van der Waals surface area contributed by atoms with E-state index in [-0.39, 0.29) is 18.9 Å². The van der Waals surface area contributed by atoms with Crippen molar-refractivity contribution in [2.45, 2.75) is 6.42 Å². The van der Waals surface area contributed by atoms with E-state index in [4.69, 9.17) is 18.9 Å². The fourth-order valence-electron chi connectivity index (χ4n) is 2.06. The first-order valence-corrected chi connectivity index (χ1v) is 7.45. The zero-order valence-electron chi connectivity index (χ0n) is 14.0. The van der Waals surface area contributed by atoms with E-state index in [2.05, 4.69) is 5.32 Å². The molecular weight excluding hydrogens is 310 g/mol. The molecule has 6 nitrogen and oxygen atoms in total. The summed E-state index contributed by atoms with van der Waals surface area (Å²) in [5.74, 6) is 2.48. The van der Waals surface area contributed by atoms with E-state index in [1.54, 1.807) is 63.8 Å². The molecule has 0 heterocycles. The van der Waals surface area contributed by atoms with Crippen LogP contribution in [0.25, 0.3) is 0 Å². The molecule has 1 N–H and O–H groups in total. The van der Waals surface area contributed by atoms with E-state index in [0.29, 0.717) is 22.9 Å². The SMILES string of the molecule is COc1ccc(OCCC(=O)Nc2cc(OC)ccc2OC)cc1. The fraction of sp³-hybridized carbons (Fsp3) is 0.278. The summed E-state index contributed by atoms with van der Waals surface area (Å²) in [6, 6.07) is 12.4. The Balaban J connectivity index is 1.86. The maximum absolute atomic E-state index is 12.1.